The van der Waals surface area contributed by atoms with E-state index < -0.39 is 23.5 Å². The van der Waals surface area contributed by atoms with E-state index in [1.165, 1.54) is 38.5 Å². The Bertz CT molecular complexity index is 276. The molecule has 24 heavy (non-hydrogen) atoms. The van der Waals surface area contributed by atoms with Crippen molar-refractivity contribution in [2.45, 2.75) is 106 Å². The molecule has 0 aromatic rings. The van der Waals surface area contributed by atoms with E-state index in [4.69, 9.17) is 4.74 Å². The summed E-state index contributed by atoms with van der Waals surface area (Å²) >= 11 is 0. The molecule has 1 fully saturated rings. The van der Waals surface area contributed by atoms with Crippen LogP contribution in [0.25, 0.3) is 0 Å². The fourth-order valence-corrected chi connectivity index (χ4v) is 1.19. The van der Waals surface area contributed by atoms with Gasteiger partial charge in [0.15, 0.2) is 0 Å². The molecule has 0 N–H and O–H groups in total. The number of hydrogen-bond acceptors (Lipinski definition) is 4. The fourth-order valence-electron chi connectivity index (χ4n) is 1.19. The maximum atomic E-state index is 10.7. The Labute approximate surface area is 167 Å². The number of esters is 1. The smallest absolute Gasteiger partial charge is 0.307 e. The Balaban J connectivity index is -0.000000130. The summed E-state index contributed by atoms with van der Waals surface area (Å²) in [6, 6.07) is 0. The van der Waals surface area contributed by atoms with Gasteiger partial charge in [0.1, 0.15) is 5.60 Å². The summed E-state index contributed by atoms with van der Waals surface area (Å²) in [7, 11) is 0. The van der Waals surface area contributed by atoms with Gasteiger partial charge in [-0.05, 0) is 13.8 Å². The van der Waals surface area contributed by atoms with Crippen molar-refractivity contribution < 1.29 is 19.4 Å². The van der Waals surface area contributed by atoms with Gasteiger partial charge in [0, 0.05) is 35.8 Å². The Morgan fingerprint density at radius 1 is 0.958 bits per heavy atom. The molecule has 1 rings (SSSR count). The number of carboxylic acid groups (broad SMARTS) is 1. The van der Waals surface area contributed by atoms with Crippen LogP contribution in [0.5, 0.6) is 0 Å². The van der Waals surface area contributed by atoms with Crippen LogP contribution < -0.4 is 5.11 Å². The summed E-state index contributed by atoms with van der Waals surface area (Å²) in [5.74, 6) is -2.50. The Hall–Kier alpha value is -0.261. The molecule has 0 bridgehead atoms. The average Bonchev–Trinajstić information content (AvgIpc) is 2.80. The predicted molar refractivity (Wildman–Crippen MR) is 101 cm³/mol. The van der Waals surface area contributed by atoms with Crippen LogP contribution >= 0.6 is 0 Å². The van der Waals surface area contributed by atoms with E-state index in [-0.39, 0.29) is 30.3 Å². The van der Waals surface area contributed by atoms with Gasteiger partial charge in [-0.15, -0.1) is 0 Å². The van der Waals surface area contributed by atoms with Crippen LogP contribution in [0.2, 0.25) is 0 Å². The zero-order chi connectivity index (χ0) is 18.9. The quantitative estimate of drug-likeness (QED) is 0.478. The number of carbonyl (C=O) groups is 2. The van der Waals surface area contributed by atoms with E-state index in [2.05, 4.69) is 41.5 Å². The number of rotatable bonds is 4. The van der Waals surface area contributed by atoms with E-state index in [9.17, 15) is 14.7 Å². The Morgan fingerprint density at radius 2 is 1.25 bits per heavy atom. The maximum absolute atomic E-state index is 10.7. The number of hydrogen-bond donors (Lipinski definition) is 0. The van der Waals surface area contributed by atoms with Crippen LogP contribution in [0, 0.1) is 5.92 Å². The van der Waals surface area contributed by atoms with Crippen molar-refractivity contribution in [1.82, 2.24) is 0 Å². The monoisotopic (exact) mass is 451 g/mol. The largest absolute Gasteiger partial charge is 0.550 e. The van der Waals surface area contributed by atoms with Crippen LogP contribution in [0.15, 0.2) is 0 Å². The summed E-state index contributed by atoms with van der Waals surface area (Å²) in [6.45, 7) is 16.2. The number of carboxylic acids is 1. The molecule has 0 amide bonds. The standard InChI is InChI=1S/C7H10O4.3C4H10.Sn/c1-7(2)4(6(9)10)3-5(8)11-7;3*1-3-4-2;/h4H,3H2,1-2H3,(H,9,10);3*3-4H2,1-2H3;/p-1. The third-order valence-corrected chi connectivity index (χ3v) is 3.37. The Kier molecular flexibility index (Phi) is 27.3. The number of unbranched alkanes of at least 4 members (excludes halogenated alkanes) is 3. The topological polar surface area (TPSA) is 66.4 Å². The SMILES string of the molecule is CC1(C)OC(=O)CC1C(=O)[O-].CCCC.CCCC.CCCC.[Sn]. The first-order valence-corrected chi connectivity index (χ1v) is 9.10. The van der Waals surface area contributed by atoms with Gasteiger partial charge < -0.3 is 14.6 Å². The molecule has 1 unspecified atom stereocenters. The fraction of sp³-hybridized carbons (Fsp3) is 0.895. The second-order valence-corrected chi connectivity index (χ2v) is 6.15. The molecular formula is C19H39O4Sn-. The summed E-state index contributed by atoms with van der Waals surface area (Å²) < 4.78 is 4.76. The molecule has 1 aliphatic heterocycles. The molecule has 0 saturated carbocycles. The van der Waals surface area contributed by atoms with Crippen molar-refractivity contribution in [2.75, 3.05) is 0 Å². The van der Waals surface area contributed by atoms with E-state index in [0.717, 1.165) is 0 Å². The van der Waals surface area contributed by atoms with Gasteiger partial charge in [-0.25, -0.2) is 0 Å². The second kappa shape index (κ2) is 20.8. The molecular weight excluding hydrogens is 411 g/mol. The van der Waals surface area contributed by atoms with Crippen LogP contribution in [-0.4, -0.2) is 41.4 Å². The summed E-state index contributed by atoms with van der Waals surface area (Å²) in [5.41, 5.74) is -0.907. The second-order valence-electron chi connectivity index (χ2n) is 6.15. The molecule has 5 heteroatoms. The van der Waals surface area contributed by atoms with Gasteiger partial charge in [0.25, 0.3) is 0 Å². The van der Waals surface area contributed by atoms with Crippen LogP contribution in [0.4, 0.5) is 0 Å². The number of cyclic esters (lactones) is 1. The molecule has 0 aliphatic carbocycles. The normalized spacial score (nSPS) is 16.7. The van der Waals surface area contributed by atoms with Crippen LogP contribution in [0.1, 0.15) is 100 Å². The first-order chi connectivity index (χ1) is 10.7. The molecule has 1 aliphatic rings. The van der Waals surface area contributed by atoms with Crippen molar-refractivity contribution in [2.24, 2.45) is 5.92 Å². The summed E-state index contributed by atoms with van der Waals surface area (Å²) in [4.78, 5) is 21.1. The molecule has 1 atom stereocenters. The summed E-state index contributed by atoms with van der Waals surface area (Å²) in [6.07, 6.45) is 7.84. The van der Waals surface area contributed by atoms with E-state index in [1.54, 1.807) is 13.8 Å². The van der Waals surface area contributed by atoms with E-state index >= 15 is 0 Å². The molecule has 0 spiro atoms. The minimum Gasteiger partial charge on any atom is -0.550 e. The third kappa shape index (κ3) is 19.8. The number of aliphatic carboxylic acids is 1. The van der Waals surface area contributed by atoms with E-state index in [0.29, 0.717) is 0 Å². The molecule has 4 nitrogen and oxygen atoms in total. The summed E-state index contributed by atoms with van der Waals surface area (Å²) in [5, 5.41) is 10.4. The van der Waals surface area contributed by atoms with Crippen molar-refractivity contribution >= 4 is 35.8 Å². The molecule has 1 saturated heterocycles. The van der Waals surface area contributed by atoms with Gasteiger partial charge >= 0.3 is 5.97 Å². The molecule has 4 radical (unpaired) electrons. The zero-order valence-electron chi connectivity index (χ0n) is 17.2. The molecule has 0 aromatic carbocycles. The van der Waals surface area contributed by atoms with Crippen molar-refractivity contribution in [3.63, 3.8) is 0 Å². The first-order valence-electron chi connectivity index (χ1n) is 9.10. The van der Waals surface area contributed by atoms with Crippen molar-refractivity contribution in [3.8, 4) is 0 Å². The van der Waals surface area contributed by atoms with Gasteiger partial charge in [0.05, 0.1) is 6.42 Å². The number of carbonyl (C=O) groups excluding carboxylic acids is 2. The third-order valence-electron chi connectivity index (χ3n) is 3.37. The molecule has 144 valence electrons. The van der Waals surface area contributed by atoms with Gasteiger partial charge in [-0.2, -0.15) is 0 Å². The van der Waals surface area contributed by atoms with E-state index in [1.807, 2.05) is 0 Å². The van der Waals surface area contributed by atoms with Gasteiger partial charge in [0.2, 0.25) is 0 Å². The Morgan fingerprint density at radius 3 is 1.33 bits per heavy atom. The zero-order valence-corrected chi connectivity index (χ0v) is 20.0. The molecule has 1 heterocycles. The minimum atomic E-state index is -1.22. The number of ether oxygens (including phenoxy) is 1. The molecule has 0 aromatic heterocycles. The first kappa shape index (κ1) is 31.5. The predicted octanol–water partition coefficient (Wildman–Crippen LogP) is 4.12. The minimum absolute atomic E-state index is 0. The maximum Gasteiger partial charge on any atom is 0.307 e. The van der Waals surface area contributed by atoms with Crippen molar-refractivity contribution in [1.29, 1.82) is 0 Å². The average molecular weight is 450 g/mol. The van der Waals surface area contributed by atoms with Crippen LogP contribution in [0.3, 0.4) is 0 Å². The van der Waals surface area contributed by atoms with Crippen LogP contribution in [-0.2, 0) is 14.3 Å². The van der Waals surface area contributed by atoms with Gasteiger partial charge in [-0.1, -0.05) is 80.1 Å². The van der Waals surface area contributed by atoms with Gasteiger partial charge in [-0.3, -0.25) is 4.79 Å². The van der Waals surface area contributed by atoms with Crippen molar-refractivity contribution in [3.05, 3.63) is 0 Å².